The highest BCUT2D eigenvalue weighted by molar-refractivity contribution is 5.80. The van der Waals surface area contributed by atoms with Gasteiger partial charge >= 0.3 is 0 Å². The van der Waals surface area contributed by atoms with Crippen molar-refractivity contribution in [2.24, 2.45) is 4.99 Å². The van der Waals surface area contributed by atoms with Gasteiger partial charge in [0, 0.05) is 51.0 Å². The number of aromatic nitrogens is 1. The second-order valence-corrected chi connectivity index (χ2v) is 10.0. The van der Waals surface area contributed by atoms with E-state index in [2.05, 4.69) is 54.5 Å². The molecule has 0 bridgehead atoms. The van der Waals surface area contributed by atoms with Gasteiger partial charge in [-0.1, -0.05) is 12.5 Å². The molecule has 3 aliphatic heterocycles. The van der Waals surface area contributed by atoms with E-state index in [0.29, 0.717) is 6.04 Å². The van der Waals surface area contributed by atoms with Gasteiger partial charge in [0.2, 0.25) is 0 Å². The largest absolute Gasteiger partial charge is 0.355 e. The number of nitrogens with zero attached hydrogens (tertiary/aromatic N) is 5. The molecule has 0 aliphatic carbocycles. The third kappa shape index (κ3) is 6.21. The van der Waals surface area contributed by atoms with Crippen molar-refractivity contribution in [1.29, 1.82) is 0 Å². The summed E-state index contributed by atoms with van der Waals surface area (Å²) in [6, 6.07) is 6.67. The second-order valence-electron chi connectivity index (χ2n) is 10.0. The number of aliphatic imine (C=N–C) groups is 1. The number of nitrogens with one attached hydrogen (secondary N) is 2. The topological polar surface area (TPSA) is 59.0 Å². The predicted octanol–water partition coefficient (Wildman–Crippen LogP) is 2.16. The van der Waals surface area contributed by atoms with E-state index < -0.39 is 0 Å². The van der Waals surface area contributed by atoms with Gasteiger partial charge in [-0.25, -0.2) is 0 Å². The molecule has 1 aromatic heterocycles. The molecule has 7 nitrogen and oxygen atoms in total. The van der Waals surface area contributed by atoms with Crippen molar-refractivity contribution in [1.82, 2.24) is 30.3 Å². The van der Waals surface area contributed by atoms with E-state index in [4.69, 9.17) is 0 Å². The molecule has 0 spiro atoms. The summed E-state index contributed by atoms with van der Waals surface area (Å²) in [5, 5.41) is 7.47. The van der Waals surface area contributed by atoms with Crippen molar-refractivity contribution in [3.63, 3.8) is 0 Å². The maximum atomic E-state index is 4.59. The van der Waals surface area contributed by atoms with Gasteiger partial charge in [0.15, 0.2) is 5.96 Å². The van der Waals surface area contributed by atoms with Crippen LogP contribution in [0.25, 0.3) is 0 Å². The SMILES string of the molecule is CN=C(NCC1(N2CCCCC2)CCN(C)CC1)NC1CCN(Cc2ccccn2)CC1. The quantitative estimate of drug-likeness (QED) is 0.521. The summed E-state index contributed by atoms with van der Waals surface area (Å²) in [5.41, 5.74) is 1.44. The Morgan fingerprint density at radius 2 is 1.81 bits per heavy atom. The Hall–Kier alpha value is -1.70. The smallest absolute Gasteiger partial charge is 0.191 e. The molecule has 0 aromatic carbocycles. The zero-order valence-electron chi connectivity index (χ0n) is 20.2. The summed E-state index contributed by atoms with van der Waals surface area (Å²) in [4.78, 5) is 16.9. The molecule has 2 N–H and O–H groups in total. The van der Waals surface area contributed by atoms with Crippen LogP contribution in [0.2, 0.25) is 0 Å². The first-order chi connectivity index (χ1) is 15.7. The number of guanidine groups is 1. The monoisotopic (exact) mass is 441 g/mol. The second kappa shape index (κ2) is 11.4. The molecule has 3 aliphatic rings. The van der Waals surface area contributed by atoms with E-state index in [1.807, 2.05) is 19.3 Å². The average Bonchev–Trinajstić information content (AvgIpc) is 2.85. The minimum Gasteiger partial charge on any atom is -0.355 e. The van der Waals surface area contributed by atoms with Crippen LogP contribution in [-0.4, -0.2) is 97.1 Å². The Labute approximate surface area is 194 Å². The molecule has 32 heavy (non-hydrogen) atoms. The Kier molecular flexibility index (Phi) is 8.38. The van der Waals surface area contributed by atoms with Crippen LogP contribution < -0.4 is 10.6 Å². The average molecular weight is 442 g/mol. The highest BCUT2D eigenvalue weighted by Crippen LogP contribution is 2.30. The highest BCUT2D eigenvalue weighted by Gasteiger charge is 2.39. The molecule has 4 heterocycles. The van der Waals surface area contributed by atoms with Crippen molar-refractivity contribution in [2.45, 2.75) is 63.1 Å². The molecular weight excluding hydrogens is 398 g/mol. The highest BCUT2D eigenvalue weighted by atomic mass is 15.3. The normalized spacial score (nSPS) is 24.4. The number of likely N-dealkylation sites (tertiary alicyclic amines) is 3. The lowest BCUT2D eigenvalue weighted by Crippen LogP contribution is -2.62. The minimum atomic E-state index is 0.274. The third-order valence-electron chi connectivity index (χ3n) is 7.79. The van der Waals surface area contributed by atoms with Crippen LogP contribution in [0.3, 0.4) is 0 Å². The first kappa shape index (κ1) is 23.5. The summed E-state index contributed by atoms with van der Waals surface area (Å²) < 4.78 is 0. The van der Waals surface area contributed by atoms with Gasteiger partial charge in [-0.15, -0.1) is 0 Å². The molecule has 178 valence electrons. The number of pyridine rings is 1. The first-order valence-corrected chi connectivity index (χ1v) is 12.7. The molecule has 1 aromatic rings. The molecule has 7 heteroatoms. The lowest BCUT2D eigenvalue weighted by Gasteiger charge is -2.50. The van der Waals surface area contributed by atoms with Crippen LogP contribution in [0.15, 0.2) is 29.4 Å². The molecule has 4 rings (SSSR count). The van der Waals surface area contributed by atoms with Gasteiger partial charge in [0.05, 0.1) is 5.69 Å². The van der Waals surface area contributed by atoms with E-state index >= 15 is 0 Å². The molecule has 3 fully saturated rings. The van der Waals surface area contributed by atoms with Crippen molar-refractivity contribution < 1.29 is 0 Å². The molecule has 0 amide bonds. The van der Waals surface area contributed by atoms with Crippen LogP contribution in [0.1, 0.15) is 50.6 Å². The van der Waals surface area contributed by atoms with Gasteiger partial charge in [-0.2, -0.15) is 0 Å². The van der Waals surface area contributed by atoms with Crippen LogP contribution >= 0.6 is 0 Å². The standard InChI is InChI=1S/C25H43N7/c1-26-24(29-22-9-16-31(17-10-22)20-23-8-4-5-13-27-23)28-21-25(11-18-30(2)19-12-25)32-14-6-3-7-15-32/h4-5,8,13,22H,3,6-7,9-12,14-21H2,1-2H3,(H2,26,28,29). The molecule has 0 atom stereocenters. The lowest BCUT2D eigenvalue weighted by molar-refractivity contribution is 0.0172. The maximum absolute atomic E-state index is 4.59. The van der Waals surface area contributed by atoms with Crippen molar-refractivity contribution in [3.8, 4) is 0 Å². The first-order valence-electron chi connectivity index (χ1n) is 12.7. The molecule has 0 saturated carbocycles. The van der Waals surface area contributed by atoms with E-state index in [-0.39, 0.29) is 5.54 Å². The Balaban J connectivity index is 1.26. The Bertz CT molecular complexity index is 700. The number of hydrogen-bond donors (Lipinski definition) is 2. The van der Waals surface area contributed by atoms with Gasteiger partial charge in [-0.3, -0.25) is 19.8 Å². The molecular formula is C25H43N7. The summed E-state index contributed by atoms with van der Waals surface area (Å²) in [6.07, 6.45) is 10.8. The van der Waals surface area contributed by atoms with Crippen molar-refractivity contribution >= 4 is 5.96 Å². The maximum Gasteiger partial charge on any atom is 0.191 e. The summed E-state index contributed by atoms with van der Waals surface area (Å²) in [7, 11) is 4.17. The summed E-state index contributed by atoms with van der Waals surface area (Å²) in [6.45, 7) is 9.06. The minimum absolute atomic E-state index is 0.274. The van der Waals surface area contributed by atoms with Crippen LogP contribution in [0.4, 0.5) is 0 Å². The number of hydrogen-bond acceptors (Lipinski definition) is 5. The summed E-state index contributed by atoms with van der Waals surface area (Å²) in [5.74, 6) is 0.975. The van der Waals surface area contributed by atoms with Gasteiger partial charge in [-0.05, 0) is 83.9 Å². The zero-order valence-corrected chi connectivity index (χ0v) is 20.2. The predicted molar refractivity (Wildman–Crippen MR) is 132 cm³/mol. The fourth-order valence-electron chi connectivity index (χ4n) is 5.60. The zero-order chi connectivity index (χ0) is 22.2. The number of rotatable bonds is 6. The van der Waals surface area contributed by atoms with Gasteiger partial charge in [0.1, 0.15) is 0 Å². The fourth-order valence-corrected chi connectivity index (χ4v) is 5.60. The van der Waals surface area contributed by atoms with Crippen LogP contribution in [-0.2, 0) is 6.54 Å². The number of piperidine rings is 3. The lowest BCUT2D eigenvalue weighted by atomic mass is 9.84. The Morgan fingerprint density at radius 1 is 1.06 bits per heavy atom. The van der Waals surface area contributed by atoms with Crippen molar-refractivity contribution in [3.05, 3.63) is 30.1 Å². The van der Waals surface area contributed by atoms with Gasteiger partial charge < -0.3 is 15.5 Å². The summed E-state index contributed by atoms with van der Waals surface area (Å²) >= 11 is 0. The van der Waals surface area contributed by atoms with Crippen molar-refractivity contribution in [2.75, 3.05) is 59.9 Å². The third-order valence-corrected chi connectivity index (χ3v) is 7.79. The van der Waals surface area contributed by atoms with E-state index in [1.165, 1.54) is 58.3 Å². The van der Waals surface area contributed by atoms with E-state index in [0.717, 1.165) is 50.7 Å². The van der Waals surface area contributed by atoms with E-state index in [1.54, 1.807) is 0 Å². The van der Waals surface area contributed by atoms with Crippen LogP contribution in [0, 0.1) is 0 Å². The van der Waals surface area contributed by atoms with Gasteiger partial charge in [0.25, 0.3) is 0 Å². The van der Waals surface area contributed by atoms with Crippen LogP contribution in [0.5, 0.6) is 0 Å². The fraction of sp³-hybridized carbons (Fsp3) is 0.760. The Morgan fingerprint density at radius 3 is 2.47 bits per heavy atom. The molecule has 3 saturated heterocycles. The van der Waals surface area contributed by atoms with E-state index in [9.17, 15) is 0 Å². The molecule has 0 unspecified atom stereocenters. The molecule has 0 radical (unpaired) electrons.